The van der Waals surface area contributed by atoms with Crippen LogP contribution in [-0.2, 0) is 0 Å². The fourth-order valence-electron chi connectivity index (χ4n) is 3.52. The van der Waals surface area contributed by atoms with Crippen molar-refractivity contribution >= 4 is 33.0 Å². The van der Waals surface area contributed by atoms with Gasteiger partial charge in [-0.05, 0) is 51.4 Å². The first kappa shape index (κ1) is 16.6. The number of ether oxygens (including phenoxy) is 1. The van der Waals surface area contributed by atoms with Crippen molar-refractivity contribution in [3.8, 4) is 5.75 Å². The minimum absolute atomic E-state index is 0.00394. The predicted octanol–water partition coefficient (Wildman–Crippen LogP) is 2.73. The first-order valence-electron chi connectivity index (χ1n) is 8.65. The largest absolute Gasteiger partial charge is 0.497 e. The normalized spacial score (nSPS) is 11.9. The molecule has 0 aliphatic rings. The number of pyridine rings is 1. The van der Waals surface area contributed by atoms with Crippen LogP contribution in [0, 0.1) is 6.92 Å². The third-order valence-corrected chi connectivity index (χ3v) is 4.78. The molecule has 4 aromatic rings. The summed E-state index contributed by atoms with van der Waals surface area (Å²) in [5.41, 5.74) is 3.42. The Labute approximate surface area is 151 Å². The number of imidazole rings is 1. The summed E-state index contributed by atoms with van der Waals surface area (Å²) in [5.74, 6) is 1.54. The Hall–Kier alpha value is -2.86. The Balaban J connectivity index is 2.05. The van der Waals surface area contributed by atoms with Gasteiger partial charge in [0.05, 0.1) is 34.4 Å². The van der Waals surface area contributed by atoms with Crippen molar-refractivity contribution in [1.29, 1.82) is 0 Å². The fraction of sp³-hybridized carbons (Fsp3) is 0.300. The lowest BCUT2D eigenvalue weighted by molar-refractivity contribution is 0.415. The molecule has 6 heteroatoms. The summed E-state index contributed by atoms with van der Waals surface area (Å²) in [5, 5.41) is 4.74. The van der Waals surface area contributed by atoms with Gasteiger partial charge in [-0.25, -0.2) is 4.98 Å². The molecule has 6 nitrogen and oxygen atoms in total. The monoisotopic (exact) mass is 350 g/mol. The van der Waals surface area contributed by atoms with Crippen LogP contribution in [0.4, 0.5) is 5.69 Å². The molecule has 1 N–H and O–H groups in total. The maximum Gasteiger partial charge on any atom is 0.199 e. The van der Waals surface area contributed by atoms with E-state index >= 15 is 0 Å². The van der Waals surface area contributed by atoms with Crippen LogP contribution < -0.4 is 15.5 Å². The number of aryl methyl sites for hydroxylation is 1. The summed E-state index contributed by atoms with van der Waals surface area (Å²) in [6, 6.07) is 9.54. The Morgan fingerprint density at radius 1 is 1.23 bits per heavy atom. The molecule has 0 aliphatic heterocycles. The molecule has 0 fully saturated rings. The molecule has 0 aliphatic carbocycles. The second-order valence-corrected chi connectivity index (χ2v) is 6.79. The minimum atomic E-state index is 0.00394. The van der Waals surface area contributed by atoms with Crippen LogP contribution in [0.5, 0.6) is 5.75 Å². The van der Waals surface area contributed by atoms with Crippen LogP contribution in [0.2, 0.25) is 0 Å². The third-order valence-electron chi connectivity index (χ3n) is 4.78. The van der Waals surface area contributed by atoms with Gasteiger partial charge in [-0.3, -0.25) is 9.20 Å². The molecule has 0 amide bonds. The highest BCUT2D eigenvalue weighted by Gasteiger charge is 2.18. The molecule has 0 unspecified atom stereocenters. The van der Waals surface area contributed by atoms with E-state index in [0.29, 0.717) is 16.5 Å². The maximum absolute atomic E-state index is 13.3. The van der Waals surface area contributed by atoms with Gasteiger partial charge in [0.1, 0.15) is 11.6 Å². The standard InChI is InChI=1S/C20H22N4O2/c1-12-22-16-7-6-15(21-9-10-23(2)3)18-19(16)24(12)17-8-5-13(26-4)11-14(17)20(18)25/h5-8,11,21H,9-10H2,1-4H3. The van der Waals surface area contributed by atoms with Gasteiger partial charge in [0.15, 0.2) is 5.43 Å². The van der Waals surface area contributed by atoms with Gasteiger partial charge < -0.3 is 15.0 Å². The molecule has 4 rings (SSSR count). The highest BCUT2D eigenvalue weighted by Crippen LogP contribution is 2.31. The quantitative estimate of drug-likeness (QED) is 0.561. The summed E-state index contributed by atoms with van der Waals surface area (Å²) >= 11 is 0. The molecular formula is C20H22N4O2. The average Bonchev–Trinajstić information content (AvgIpc) is 2.96. The van der Waals surface area contributed by atoms with E-state index in [-0.39, 0.29) is 5.43 Å². The lowest BCUT2D eigenvalue weighted by atomic mass is 10.1. The number of likely N-dealkylation sites (N-methyl/N-ethyl adjacent to an activating group) is 1. The average molecular weight is 350 g/mol. The minimum Gasteiger partial charge on any atom is -0.497 e. The number of anilines is 1. The summed E-state index contributed by atoms with van der Waals surface area (Å²) in [7, 11) is 5.67. The fourth-order valence-corrected chi connectivity index (χ4v) is 3.52. The summed E-state index contributed by atoms with van der Waals surface area (Å²) in [6.07, 6.45) is 0. The third kappa shape index (κ3) is 2.45. The molecule has 2 heterocycles. The SMILES string of the molecule is COc1ccc2c(c1)c(=O)c1c(NCCN(C)C)ccc3nc(C)n2c31. The highest BCUT2D eigenvalue weighted by atomic mass is 16.5. The number of nitrogens with zero attached hydrogens (tertiary/aromatic N) is 3. The number of hydrogen-bond donors (Lipinski definition) is 1. The Kier molecular flexibility index (Phi) is 3.92. The van der Waals surface area contributed by atoms with E-state index in [9.17, 15) is 4.79 Å². The van der Waals surface area contributed by atoms with Crippen molar-refractivity contribution in [3.05, 3.63) is 46.4 Å². The molecular weight excluding hydrogens is 328 g/mol. The first-order valence-corrected chi connectivity index (χ1v) is 8.65. The van der Waals surface area contributed by atoms with Crippen LogP contribution in [0.25, 0.3) is 27.3 Å². The molecule has 0 bridgehead atoms. The van der Waals surface area contributed by atoms with Gasteiger partial charge in [0, 0.05) is 18.8 Å². The molecule has 0 radical (unpaired) electrons. The number of rotatable bonds is 5. The molecule has 0 saturated carbocycles. The maximum atomic E-state index is 13.3. The van der Waals surface area contributed by atoms with E-state index in [4.69, 9.17) is 4.74 Å². The van der Waals surface area contributed by atoms with Gasteiger partial charge >= 0.3 is 0 Å². The topological polar surface area (TPSA) is 58.9 Å². The van der Waals surface area contributed by atoms with Gasteiger partial charge in [0.25, 0.3) is 0 Å². The predicted molar refractivity (Wildman–Crippen MR) is 106 cm³/mol. The summed E-state index contributed by atoms with van der Waals surface area (Å²) in [4.78, 5) is 20.1. The van der Waals surface area contributed by atoms with Crippen LogP contribution in [0.1, 0.15) is 5.82 Å². The van der Waals surface area contributed by atoms with Gasteiger partial charge in [-0.15, -0.1) is 0 Å². The van der Waals surface area contributed by atoms with Crippen LogP contribution in [-0.4, -0.2) is 48.6 Å². The number of aromatic nitrogens is 2. The number of fused-ring (bicyclic) bond motifs is 2. The van der Waals surface area contributed by atoms with Crippen molar-refractivity contribution in [2.75, 3.05) is 39.6 Å². The summed E-state index contributed by atoms with van der Waals surface area (Å²) < 4.78 is 7.39. The van der Waals surface area contributed by atoms with Crippen LogP contribution in [0.15, 0.2) is 35.1 Å². The van der Waals surface area contributed by atoms with E-state index < -0.39 is 0 Å². The molecule has 2 aromatic heterocycles. The number of nitrogens with one attached hydrogen (secondary N) is 1. The molecule has 134 valence electrons. The van der Waals surface area contributed by atoms with Crippen LogP contribution >= 0.6 is 0 Å². The molecule has 0 spiro atoms. The Morgan fingerprint density at radius 2 is 2.04 bits per heavy atom. The van der Waals surface area contributed by atoms with Gasteiger partial charge in [-0.2, -0.15) is 0 Å². The van der Waals surface area contributed by atoms with Crippen molar-refractivity contribution in [2.45, 2.75) is 6.92 Å². The zero-order valence-corrected chi connectivity index (χ0v) is 15.5. The van der Waals surface area contributed by atoms with E-state index in [1.54, 1.807) is 7.11 Å². The van der Waals surface area contributed by atoms with Crippen molar-refractivity contribution in [1.82, 2.24) is 14.3 Å². The number of methoxy groups -OCH3 is 1. The lowest BCUT2D eigenvalue weighted by Gasteiger charge is -2.14. The van der Waals surface area contributed by atoms with E-state index in [0.717, 1.165) is 41.2 Å². The van der Waals surface area contributed by atoms with Gasteiger partial charge in [-0.1, -0.05) is 0 Å². The van der Waals surface area contributed by atoms with Crippen LogP contribution in [0.3, 0.4) is 0 Å². The molecule has 2 aromatic carbocycles. The van der Waals surface area contributed by atoms with Crippen molar-refractivity contribution in [3.63, 3.8) is 0 Å². The lowest BCUT2D eigenvalue weighted by Crippen LogP contribution is -2.21. The van der Waals surface area contributed by atoms with E-state index in [1.165, 1.54) is 0 Å². The zero-order chi connectivity index (χ0) is 18.4. The smallest absolute Gasteiger partial charge is 0.199 e. The Bertz CT molecular complexity index is 1160. The number of hydrogen-bond acceptors (Lipinski definition) is 5. The van der Waals surface area contributed by atoms with Gasteiger partial charge in [0.2, 0.25) is 0 Å². The van der Waals surface area contributed by atoms with Crippen molar-refractivity contribution < 1.29 is 4.74 Å². The second kappa shape index (κ2) is 6.14. The molecule has 0 saturated heterocycles. The second-order valence-electron chi connectivity index (χ2n) is 6.79. The summed E-state index contributed by atoms with van der Waals surface area (Å²) in [6.45, 7) is 3.61. The number of benzene rings is 2. The Morgan fingerprint density at radius 3 is 2.77 bits per heavy atom. The van der Waals surface area contributed by atoms with E-state index in [2.05, 4.69) is 19.6 Å². The molecule has 26 heavy (non-hydrogen) atoms. The molecule has 0 atom stereocenters. The van der Waals surface area contributed by atoms with Crippen molar-refractivity contribution in [2.24, 2.45) is 0 Å². The highest BCUT2D eigenvalue weighted by molar-refractivity contribution is 6.07. The zero-order valence-electron chi connectivity index (χ0n) is 15.5. The van der Waals surface area contributed by atoms with E-state index in [1.807, 2.05) is 51.4 Å². The first-order chi connectivity index (χ1) is 12.5.